The van der Waals surface area contributed by atoms with Crippen molar-refractivity contribution < 1.29 is 4.79 Å². The highest BCUT2D eigenvalue weighted by molar-refractivity contribution is 8.16. The van der Waals surface area contributed by atoms with Crippen molar-refractivity contribution >= 4 is 40.8 Å². The minimum absolute atomic E-state index is 0.177. The first-order valence-electron chi connectivity index (χ1n) is 6.76. The van der Waals surface area contributed by atoms with E-state index in [0.717, 1.165) is 4.80 Å². The number of hydrogen-bond donors (Lipinski definition) is 0. The van der Waals surface area contributed by atoms with Crippen molar-refractivity contribution in [2.75, 3.05) is 11.5 Å². The molecule has 0 spiro atoms. The second kappa shape index (κ2) is 6.85. The molecule has 1 aliphatic heterocycles. The van der Waals surface area contributed by atoms with Gasteiger partial charge in [0, 0.05) is 24.2 Å². The smallest absolute Gasteiger partial charge is 0.279 e. The van der Waals surface area contributed by atoms with Crippen molar-refractivity contribution in [3.8, 4) is 0 Å². The molecule has 0 aliphatic carbocycles. The molecule has 0 atom stereocenters. The molecule has 21 heavy (non-hydrogen) atoms. The van der Waals surface area contributed by atoms with Gasteiger partial charge in [-0.25, -0.2) is 0 Å². The molecule has 0 radical (unpaired) electrons. The maximum Gasteiger partial charge on any atom is 0.279 e. The Morgan fingerprint density at radius 3 is 2.57 bits per heavy atom. The zero-order valence-electron chi connectivity index (χ0n) is 11.7. The van der Waals surface area contributed by atoms with Crippen molar-refractivity contribution in [3.05, 3.63) is 51.8 Å². The van der Waals surface area contributed by atoms with Gasteiger partial charge >= 0.3 is 0 Å². The van der Waals surface area contributed by atoms with Gasteiger partial charge in [0.05, 0.1) is 4.58 Å². The van der Waals surface area contributed by atoms with Gasteiger partial charge in [0.25, 0.3) is 5.91 Å². The summed E-state index contributed by atoms with van der Waals surface area (Å²) in [5, 5.41) is 1.92. The van der Waals surface area contributed by atoms with E-state index in [1.54, 1.807) is 0 Å². The van der Waals surface area contributed by atoms with Crippen LogP contribution >= 0.6 is 34.9 Å². The van der Waals surface area contributed by atoms with Crippen molar-refractivity contribution in [2.24, 2.45) is 12.0 Å². The Kier molecular flexibility index (Phi) is 4.87. The van der Waals surface area contributed by atoms with Crippen LogP contribution in [-0.2, 0) is 7.05 Å². The molecule has 2 heterocycles. The first-order valence-corrected chi connectivity index (χ1v) is 9.74. The van der Waals surface area contributed by atoms with Crippen LogP contribution < -0.4 is 4.80 Å². The summed E-state index contributed by atoms with van der Waals surface area (Å²) >= 11 is 5.45. The van der Waals surface area contributed by atoms with Crippen LogP contribution in [0.3, 0.4) is 0 Å². The van der Waals surface area contributed by atoms with E-state index >= 15 is 0 Å². The molecule has 0 bridgehead atoms. The van der Waals surface area contributed by atoms with Gasteiger partial charge in [-0.1, -0.05) is 12.1 Å². The summed E-state index contributed by atoms with van der Waals surface area (Å²) in [4.78, 5) is 17.1. The Labute approximate surface area is 136 Å². The predicted molar refractivity (Wildman–Crippen MR) is 91.9 cm³/mol. The third-order valence-corrected chi connectivity index (χ3v) is 7.08. The molecule has 0 N–H and O–H groups in total. The molecule has 110 valence electrons. The number of nitrogens with zero attached hydrogens (tertiary/aromatic N) is 2. The number of thiazole rings is 1. The minimum Gasteiger partial charge on any atom is -0.327 e. The Morgan fingerprint density at radius 2 is 1.95 bits per heavy atom. The van der Waals surface area contributed by atoms with E-state index in [4.69, 9.17) is 0 Å². The number of thioether (sulfide) groups is 2. The standard InChI is InChI=1S/C15H16N2OS3/c1-17-7-10-21-15(17)16-13(18)11-3-5-12(6-4-11)14-19-8-2-9-20-14/h3-7,10,14H,2,8-9H2,1H3. The van der Waals surface area contributed by atoms with Gasteiger partial charge in [-0.3, -0.25) is 4.79 Å². The first kappa shape index (κ1) is 14.9. The Hall–Kier alpha value is -0.980. The molecule has 0 saturated carbocycles. The lowest BCUT2D eigenvalue weighted by atomic mass is 10.1. The molecule has 1 amide bonds. The zero-order valence-corrected chi connectivity index (χ0v) is 14.1. The van der Waals surface area contributed by atoms with Gasteiger partial charge in [0.2, 0.25) is 0 Å². The molecule has 0 unspecified atom stereocenters. The molecule has 3 rings (SSSR count). The lowest BCUT2D eigenvalue weighted by Gasteiger charge is -2.21. The highest BCUT2D eigenvalue weighted by Crippen LogP contribution is 2.43. The summed E-state index contributed by atoms with van der Waals surface area (Å²) in [6, 6.07) is 7.91. The molecular formula is C15H16N2OS3. The molecular weight excluding hydrogens is 320 g/mol. The van der Waals surface area contributed by atoms with E-state index in [2.05, 4.69) is 17.1 Å². The molecule has 2 aromatic rings. The Balaban J connectivity index is 1.78. The highest BCUT2D eigenvalue weighted by atomic mass is 32.2. The van der Waals surface area contributed by atoms with Crippen LogP contribution in [0, 0.1) is 0 Å². The fourth-order valence-electron chi connectivity index (χ4n) is 2.05. The normalized spacial score (nSPS) is 17.1. The van der Waals surface area contributed by atoms with Gasteiger partial charge in [-0.15, -0.1) is 34.9 Å². The van der Waals surface area contributed by atoms with E-state index in [0.29, 0.717) is 10.1 Å². The summed E-state index contributed by atoms with van der Waals surface area (Å²) in [6.07, 6.45) is 3.19. The minimum atomic E-state index is -0.177. The van der Waals surface area contributed by atoms with Crippen LogP contribution in [0.15, 0.2) is 40.8 Å². The van der Waals surface area contributed by atoms with Gasteiger partial charge in [0.15, 0.2) is 4.80 Å². The number of hydrogen-bond acceptors (Lipinski definition) is 4. The molecule has 1 aromatic heterocycles. The second-order valence-corrected chi connectivity index (χ2v) is 8.36. The van der Waals surface area contributed by atoms with Gasteiger partial charge in [0.1, 0.15) is 0 Å². The van der Waals surface area contributed by atoms with E-state index in [-0.39, 0.29) is 5.91 Å². The average molecular weight is 337 g/mol. The number of aryl methyl sites for hydroxylation is 1. The van der Waals surface area contributed by atoms with Gasteiger partial charge in [-0.2, -0.15) is 4.99 Å². The summed E-state index contributed by atoms with van der Waals surface area (Å²) < 4.78 is 2.36. The largest absolute Gasteiger partial charge is 0.327 e. The number of carbonyl (C=O) groups is 1. The van der Waals surface area contributed by atoms with Crippen LogP contribution in [-0.4, -0.2) is 22.0 Å². The van der Waals surface area contributed by atoms with Crippen LogP contribution in [0.25, 0.3) is 0 Å². The summed E-state index contributed by atoms with van der Waals surface area (Å²) in [5.41, 5.74) is 1.95. The summed E-state index contributed by atoms with van der Waals surface area (Å²) in [7, 11) is 1.89. The lowest BCUT2D eigenvalue weighted by Crippen LogP contribution is -2.12. The third-order valence-electron chi connectivity index (χ3n) is 3.21. The molecule has 3 nitrogen and oxygen atoms in total. The topological polar surface area (TPSA) is 34.4 Å². The fourth-order valence-corrected chi connectivity index (χ4v) is 5.67. The van der Waals surface area contributed by atoms with Gasteiger partial charge < -0.3 is 4.57 Å². The number of amides is 1. The van der Waals surface area contributed by atoms with Crippen LogP contribution in [0.1, 0.15) is 26.9 Å². The fraction of sp³-hybridized carbons (Fsp3) is 0.333. The predicted octanol–water partition coefficient (Wildman–Crippen LogP) is 3.70. The number of carbonyl (C=O) groups excluding carboxylic acids is 1. The van der Waals surface area contributed by atoms with Crippen LogP contribution in [0.5, 0.6) is 0 Å². The van der Waals surface area contributed by atoms with Gasteiger partial charge in [-0.05, 0) is 35.6 Å². The van der Waals surface area contributed by atoms with Crippen molar-refractivity contribution in [1.29, 1.82) is 0 Å². The van der Waals surface area contributed by atoms with Crippen molar-refractivity contribution in [1.82, 2.24) is 4.57 Å². The average Bonchev–Trinajstić information content (AvgIpc) is 2.93. The number of aromatic nitrogens is 1. The summed E-state index contributed by atoms with van der Waals surface area (Å²) in [5.74, 6) is 2.27. The monoisotopic (exact) mass is 336 g/mol. The van der Waals surface area contributed by atoms with E-state index < -0.39 is 0 Å². The highest BCUT2D eigenvalue weighted by Gasteiger charge is 2.16. The van der Waals surface area contributed by atoms with E-state index in [1.807, 2.05) is 58.8 Å². The molecule has 1 saturated heterocycles. The number of rotatable bonds is 2. The van der Waals surface area contributed by atoms with Crippen LogP contribution in [0.4, 0.5) is 0 Å². The van der Waals surface area contributed by atoms with Crippen molar-refractivity contribution in [2.45, 2.75) is 11.0 Å². The summed E-state index contributed by atoms with van der Waals surface area (Å²) in [6.45, 7) is 0. The SMILES string of the molecule is Cn1ccsc1=NC(=O)c1ccc(C2SCCCS2)cc1. The second-order valence-electron chi connectivity index (χ2n) is 4.76. The third kappa shape index (κ3) is 3.62. The Morgan fingerprint density at radius 1 is 1.24 bits per heavy atom. The molecule has 1 aromatic carbocycles. The quantitative estimate of drug-likeness (QED) is 0.839. The molecule has 1 aliphatic rings. The molecule has 6 heteroatoms. The maximum atomic E-state index is 12.2. The lowest BCUT2D eigenvalue weighted by molar-refractivity contribution is 0.0998. The molecule has 1 fully saturated rings. The van der Waals surface area contributed by atoms with Crippen molar-refractivity contribution in [3.63, 3.8) is 0 Å². The number of benzene rings is 1. The zero-order chi connectivity index (χ0) is 14.7. The first-order chi connectivity index (χ1) is 10.2. The Bertz CT molecular complexity index is 681. The van der Waals surface area contributed by atoms with E-state index in [9.17, 15) is 4.79 Å². The van der Waals surface area contributed by atoms with Crippen LogP contribution in [0.2, 0.25) is 0 Å². The maximum absolute atomic E-state index is 12.2. The van der Waals surface area contributed by atoms with E-state index in [1.165, 1.54) is 34.8 Å².